The van der Waals surface area contributed by atoms with Crippen molar-refractivity contribution in [1.82, 2.24) is 10.2 Å². The lowest BCUT2D eigenvalue weighted by Gasteiger charge is -2.32. The molecule has 1 fully saturated rings. The fourth-order valence-electron chi connectivity index (χ4n) is 2.88. The van der Waals surface area contributed by atoms with Crippen molar-refractivity contribution in [3.8, 4) is 0 Å². The number of hydrogen-bond acceptors (Lipinski definition) is 1. The van der Waals surface area contributed by atoms with Gasteiger partial charge in [-0.2, -0.15) is 13.2 Å². The summed E-state index contributed by atoms with van der Waals surface area (Å²) in [5, 5.41) is 2.65. The molecule has 2 rings (SSSR count). The van der Waals surface area contributed by atoms with Crippen molar-refractivity contribution in [2.75, 3.05) is 7.05 Å². The predicted octanol–water partition coefficient (Wildman–Crippen LogP) is 4.09. The lowest BCUT2D eigenvalue weighted by molar-refractivity contribution is -0.183. The first-order chi connectivity index (χ1) is 10.8. The molecule has 1 aliphatic carbocycles. The lowest BCUT2D eigenvalue weighted by atomic mass is 9.85. The number of halogens is 4. The zero-order valence-electron chi connectivity index (χ0n) is 12.9. The number of hydrogen-bond donors (Lipinski definition) is 1. The Morgan fingerprint density at radius 3 is 2.74 bits per heavy atom. The number of nitrogens with zero attached hydrogens (tertiary/aromatic N) is 1. The average Bonchev–Trinajstić information content (AvgIpc) is 2.46. The van der Waals surface area contributed by atoms with Crippen molar-refractivity contribution in [2.45, 2.75) is 44.4 Å². The maximum absolute atomic E-state index is 13.1. The molecule has 1 aliphatic rings. The standard InChI is InChI=1S/C16H20F4N2O/c1-22(10-11-4-2-6-13(17)8-11)15(23)21-14-7-3-5-12(9-14)16(18,19)20/h2,4,6,8,12,14H,3,5,7,9-10H2,1H3,(H,21,23)/t12-,14+/m0/s1. The monoisotopic (exact) mass is 332 g/mol. The Bertz CT molecular complexity index is 547. The van der Waals surface area contributed by atoms with Crippen molar-refractivity contribution < 1.29 is 22.4 Å². The number of urea groups is 1. The zero-order chi connectivity index (χ0) is 17.0. The van der Waals surface area contributed by atoms with Gasteiger partial charge >= 0.3 is 12.2 Å². The van der Waals surface area contributed by atoms with E-state index in [0.717, 1.165) is 0 Å². The van der Waals surface area contributed by atoms with Crippen LogP contribution in [-0.4, -0.2) is 30.2 Å². The van der Waals surface area contributed by atoms with E-state index < -0.39 is 30.0 Å². The first kappa shape index (κ1) is 17.6. The molecule has 0 unspecified atom stereocenters. The van der Waals surface area contributed by atoms with E-state index in [2.05, 4.69) is 5.32 Å². The summed E-state index contributed by atoms with van der Waals surface area (Å²) < 4.78 is 51.5. The number of carbonyl (C=O) groups is 1. The largest absolute Gasteiger partial charge is 0.391 e. The molecule has 1 saturated carbocycles. The van der Waals surface area contributed by atoms with E-state index in [1.807, 2.05) is 0 Å². The third kappa shape index (κ3) is 5.11. The summed E-state index contributed by atoms with van der Waals surface area (Å²) in [7, 11) is 1.53. The molecule has 2 amide bonds. The van der Waals surface area contributed by atoms with Crippen LogP contribution in [0, 0.1) is 11.7 Å². The minimum absolute atomic E-state index is 0.0803. The molecule has 0 heterocycles. The average molecular weight is 332 g/mol. The van der Waals surface area contributed by atoms with Crippen LogP contribution in [0.3, 0.4) is 0 Å². The topological polar surface area (TPSA) is 32.3 Å². The van der Waals surface area contributed by atoms with Crippen LogP contribution in [0.5, 0.6) is 0 Å². The van der Waals surface area contributed by atoms with Crippen LogP contribution in [-0.2, 0) is 6.54 Å². The Hall–Kier alpha value is -1.79. The van der Waals surface area contributed by atoms with E-state index in [1.54, 1.807) is 12.1 Å². The summed E-state index contributed by atoms with van der Waals surface area (Å²) >= 11 is 0. The predicted molar refractivity (Wildman–Crippen MR) is 78.2 cm³/mol. The fourth-order valence-corrected chi connectivity index (χ4v) is 2.88. The maximum atomic E-state index is 13.1. The minimum Gasteiger partial charge on any atom is -0.335 e. The highest BCUT2D eigenvalue weighted by molar-refractivity contribution is 5.74. The molecular formula is C16H20F4N2O. The Labute approximate surface area is 132 Å². The van der Waals surface area contributed by atoms with Gasteiger partial charge in [-0.15, -0.1) is 0 Å². The summed E-state index contributed by atoms with van der Waals surface area (Å²) in [6, 6.07) is 4.95. The van der Waals surface area contributed by atoms with Crippen LogP contribution in [0.25, 0.3) is 0 Å². The van der Waals surface area contributed by atoms with E-state index in [4.69, 9.17) is 0 Å². The van der Waals surface area contributed by atoms with Gasteiger partial charge in [0.25, 0.3) is 0 Å². The molecule has 1 aromatic rings. The number of carbonyl (C=O) groups excluding carboxylic acids is 1. The molecule has 1 aromatic carbocycles. The first-order valence-electron chi connectivity index (χ1n) is 7.58. The highest BCUT2D eigenvalue weighted by Gasteiger charge is 2.42. The third-order valence-electron chi connectivity index (χ3n) is 4.12. The van der Waals surface area contributed by atoms with E-state index in [0.29, 0.717) is 18.4 Å². The molecule has 0 saturated heterocycles. The van der Waals surface area contributed by atoms with E-state index in [1.165, 1.54) is 24.1 Å². The van der Waals surface area contributed by atoms with Gasteiger partial charge < -0.3 is 10.2 Å². The van der Waals surface area contributed by atoms with Crippen molar-refractivity contribution in [3.05, 3.63) is 35.6 Å². The summed E-state index contributed by atoms with van der Waals surface area (Å²) in [5.41, 5.74) is 0.625. The first-order valence-corrected chi connectivity index (χ1v) is 7.58. The number of nitrogens with one attached hydrogen (secondary N) is 1. The number of alkyl halides is 3. The molecule has 0 spiro atoms. The maximum Gasteiger partial charge on any atom is 0.391 e. The Balaban J connectivity index is 1.88. The van der Waals surface area contributed by atoms with Crippen molar-refractivity contribution >= 4 is 6.03 Å². The van der Waals surface area contributed by atoms with Gasteiger partial charge in [0, 0.05) is 19.6 Å². The summed E-state index contributed by atoms with van der Waals surface area (Å²) in [6.45, 7) is 0.193. The number of rotatable bonds is 3. The van der Waals surface area contributed by atoms with E-state index in [-0.39, 0.29) is 19.4 Å². The van der Waals surface area contributed by atoms with E-state index in [9.17, 15) is 22.4 Å². The zero-order valence-corrected chi connectivity index (χ0v) is 12.9. The van der Waals surface area contributed by atoms with Crippen LogP contribution < -0.4 is 5.32 Å². The second-order valence-corrected chi connectivity index (χ2v) is 6.04. The number of amides is 2. The Kier molecular flexibility index (Phi) is 5.49. The molecule has 0 aromatic heterocycles. The van der Waals surface area contributed by atoms with Crippen molar-refractivity contribution in [1.29, 1.82) is 0 Å². The van der Waals surface area contributed by atoms with Crippen molar-refractivity contribution in [3.63, 3.8) is 0 Å². The van der Waals surface area contributed by atoms with Gasteiger partial charge in [0.15, 0.2) is 0 Å². The molecule has 0 radical (unpaired) electrons. The summed E-state index contributed by atoms with van der Waals surface area (Å²) in [5.74, 6) is -1.74. The van der Waals surface area contributed by atoms with Crippen LogP contribution in [0.15, 0.2) is 24.3 Å². The molecule has 23 heavy (non-hydrogen) atoms. The molecule has 0 aliphatic heterocycles. The highest BCUT2D eigenvalue weighted by Crippen LogP contribution is 2.37. The van der Waals surface area contributed by atoms with Crippen LogP contribution in [0.1, 0.15) is 31.2 Å². The van der Waals surface area contributed by atoms with Gasteiger partial charge in [-0.05, 0) is 37.0 Å². The highest BCUT2D eigenvalue weighted by atomic mass is 19.4. The quantitative estimate of drug-likeness (QED) is 0.831. The fraction of sp³-hybridized carbons (Fsp3) is 0.562. The minimum atomic E-state index is -4.21. The lowest BCUT2D eigenvalue weighted by Crippen LogP contribution is -2.46. The third-order valence-corrected chi connectivity index (χ3v) is 4.12. The normalized spacial score (nSPS) is 21.8. The van der Waals surface area contributed by atoms with Crippen LogP contribution in [0.2, 0.25) is 0 Å². The molecule has 128 valence electrons. The molecule has 2 atom stereocenters. The molecule has 7 heteroatoms. The van der Waals surface area contributed by atoms with E-state index >= 15 is 0 Å². The van der Waals surface area contributed by atoms with Gasteiger partial charge in [0.1, 0.15) is 5.82 Å². The van der Waals surface area contributed by atoms with Gasteiger partial charge in [-0.1, -0.05) is 18.6 Å². The molecular weight excluding hydrogens is 312 g/mol. The van der Waals surface area contributed by atoms with Gasteiger partial charge in [0.2, 0.25) is 0 Å². The smallest absolute Gasteiger partial charge is 0.335 e. The van der Waals surface area contributed by atoms with Gasteiger partial charge in [0.05, 0.1) is 5.92 Å². The van der Waals surface area contributed by atoms with Gasteiger partial charge in [-0.25, -0.2) is 9.18 Å². The second-order valence-electron chi connectivity index (χ2n) is 6.04. The van der Waals surface area contributed by atoms with Gasteiger partial charge in [-0.3, -0.25) is 0 Å². The van der Waals surface area contributed by atoms with Crippen LogP contribution in [0.4, 0.5) is 22.4 Å². The SMILES string of the molecule is CN(Cc1cccc(F)c1)C(=O)N[C@@H]1CCC[C@H](C(F)(F)F)C1. The second kappa shape index (κ2) is 7.19. The molecule has 0 bridgehead atoms. The van der Waals surface area contributed by atoms with Crippen molar-refractivity contribution in [2.24, 2.45) is 5.92 Å². The van der Waals surface area contributed by atoms with Crippen LogP contribution >= 0.6 is 0 Å². The molecule has 3 nitrogen and oxygen atoms in total. The Morgan fingerprint density at radius 2 is 2.09 bits per heavy atom. The Morgan fingerprint density at radius 1 is 1.35 bits per heavy atom. The summed E-state index contributed by atoms with van der Waals surface area (Å²) in [4.78, 5) is 13.4. The molecule has 1 N–H and O–H groups in total. The summed E-state index contributed by atoms with van der Waals surface area (Å²) in [6.07, 6.45) is -3.18. The number of benzene rings is 1.